The second-order valence-corrected chi connectivity index (χ2v) is 4.81. The molecule has 1 aliphatic rings. The van der Waals surface area contributed by atoms with Gasteiger partial charge in [0.05, 0.1) is 18.6 Å². The van der Waals surface area contributed by atoms with E-state index < -0.39 is 12.0 Å². The predicted molar refractivity (Wildman–Crippen MR) is 67.0 cm³/mol. The first-order valence-electron chi connectivity index (χ1n) is 6.14. The van der Waals surface area contributed by atoms with Gasteiger partial charge in [-0.2, -0.15) is 0 Å². The van der Waals surface area contributed by atoms with Gasteiger partial charge >= 0.3 is 0 Å². The lowest BCUT2D eigenvalue weighted by Gasteiger charge is -2.35. The summed E-state index contributed by atoms with van der Waals surface area (Å²) in [5, 5.41) is 12.2. The van der Waals surface area contributed by atoms with Gasteiger partial charge in [0.15, 0.2) is 0 Å². The van der Waals surface area contributed by atoms with Gasteiger partial charge in [0.1, 0.15) is 0 Å². The molecule has 1 amide bonds. The minimum atomic E-state index is -1.20. The number of hydrogen-bond donors (Lipinski definition) is 1. The van der Waals surface area contributed by atoms with E-state index in [0.717, 1.165) is 22.2 Å². The molecule has 0 radical (unpaired) electrons. The lowest BCUT2D eigenvalue weighted by molar-refractivity contribution is -0.311. The molecule has 2 aromatic rings. The minimum absolute atomic E-state index is 0.251. The number of carboxylic acids is 1. The Morgan fingerprint density at radius 3 is 2.79 bits per heavy atom. The van der Waals surface area contributed by atoms with E-state index in [0.29, 0.717) is 6.42 Å². The maximum Gasteiger partial charge on any atom is 0.220 e. The second kappa shape index (κ2) is 4.12. The van der Waals surface area contributed by atoms with E-state index in [9.17, 15) is 14.7 Å². The number of H-pyrrole nitrogens is 1. The molecule has 1 aromatic heterocycles. The Balaban J connectivity index is 2.12. The van der Waals surface area contributed by atoms with Crippen molar-refractivity contribution in [3.05, 3.63) is 35.5 Å². The van der Waals surface area contributed by atoms with Crippen LogP contribution in [0.1, 0.15) is 18.2 Å². The van der Waals surface area contributed by atoms with Crippen LogP contribution in [0.4, 0.5) is 0 Å². The Bertz CT molecular complexity index is 674. The number of carbonyl (C=O) groups is 2. The van der Waals surface area contributed by atoms with Crippen LogP contribution in [0.2, 0.25) is 0 Å². The molecule has 0 saturated heterocycles. The molecule has 1 aliphatic heterocycles. The highest BCUT2D eigenvalue weighted by molar-refractivity contribution is 5.88. The molecule has 1 unspecified atom stereocenters. The van der Waals surface area contributed by atoms with Crippen LogP contribution in [0, 0.1) is 0 Å². The SMILES string of the molecule is CC(=O)N1Cc2[nH]c3ccccc3c2CC1C(=O)[O-]. The van der Waals surface area contributed by atoms with Gasteiger partial charge < -0.3 is 19.8 Å². The third-order valence-corrected chi connectivity index (χ3v) is 3.68. The van der Waals surface area contributed by atoms with Crippen LogP contribution in [0.15, 0.2) is 24.3 Å². The quantitative estimate of drug-likeness (QED) is 0.792. The Morgan fingerprint density at radius 1 is 1.37 bits per heavy atom. The molecule has 0 spiro atoms. The van der Waals surface area contributed by atoms with Crippen LogP contribution in [0.25, 0.3) is 10.9 Å². The molecule has 98 valence electrons. The molecule has 5 heteroatoms. The number of hydrogen-bond acceptors (Lipinski definition) is 3. The van der Waals surface area contributed by atoms with Crippen molar-refractivity contribution >= 4 is 22.8 Å². The van der Waals surface area contributed by atoms with Gasteiger partial charge in [0.2, 0.25) is 5.91 Å². The summed E-state index contributed by atoms with van der Waals surface area (Å²) >= 11 is 0. The van der Waals surface area contributed by atoms with Crippen molar-refractivity contribution in [3.8, 4) is 0 Å². The molecular weight excluding hydrogens is 244 g/mol. The van der Waals surface area contributed by atoms with Crippen molar-refractivity contribution in [3.63, 3.8) is 0 Å². The van der Waals surface area contributed by atoms with Crippen molar-refractivity contribution < 1.29 is 14.7 Å². The highest BCUT2D eigenvalue weighted by atomic mass is 16.4. The van der Waals surface area contributed by atoms with Gasteiger partial charge in [0.25, 0.3) is 0 Å². The van der Waals surface area contributed by atoms with Gasteiger partial charge in [-0.1, -0.05) is 18.2 Å². The first-order valence-corrected chi connectivity index (χ1v) is 6.14. The van der Waals surface area contributed by atoms with E-state index >= 15 is 0 Å². The number of aromatic amines is 1. The fraction of sp³-hybridized carbons (Fsp3) is 0.286. The smallest absolute Gasteiger partial charge is 0.220 e. The minimum Gasteiger partial charge on any atom is -0.548 e. The first-order chi connectivity index (χ1) is 9.08. The van der Waals surface area contributed by atoms with Crippen LogP contribution in [0.3, 0.4) is 0 Å². The van der Waals surface area contributed by atoms with Gasteiger partial charge in [-0.25, -0.2) is 0 Å². The van der Waals surface area contributed by atoms with Crippen molar-refractivity contribution in [2.75, 3.05) is 0 Å². The number of aromatic nitrogens is 1. The zero-order valence-electron chi connectivity index (χ0n) is 10.5. The van der Waals surface area contributed by atoms with E-state index in [1.807, 2.05) is 24.3 Å². The number of carbonyl (C=O) groups excluding carboxylic acids is 2. The maximum absolute atomic E-state index is 11.6. The lowest BCUT2D eigenvalue weighted by Crippen LogP contribution is -2.52. The molecule has 3 rings (SSSR count). The monoisotopic (exact) mass is 257 g/mol. The molecule has 1 atom stereocenters. The van der Waals surface area contributed by atoms with Crippen molar-refractivity contribution in [2.24, 2.45) is 0 Å². The predicted octanol–water partition coefficient (Wildman–Crippen LogP) is 0.191. The molecule has 1 aromatic carbocycles. The fourth-order valence-electron chi connectivity index (χ4n) is 2.75. The molecular formula is C14H13N2O3-. The maximum atomic E-state index is 11.6. The normalized spacial score (nSPS) is 18.4. The Hall–Kier alpha value is -2.30. The van der Waals surface area contributed by atoms with Crippen molar-refractivity contribution in [1.29, 1.82) is 0 Å². The molecule has 0 fully saturated rings. The van der Waals surface area contributed by atoms with Gasteiger partial charge in [-0.05, 0) is 11.6 Å². The van der Waals surface area contributed by atoms with E-state index in [-0.39, 0.29) is 12.5 Å². The topological polar surface area (TPSA) is 76.2 Å². The highest BCUT2D eigenvalue weighted by Crippen LogP contribution is 2.30. The van der Waals surface area contributed by atoms with E-state index in [1.54, 1.807) is 0 Å². The van der Waals surface area contributed by atoms with Crippen molar-refractivity contribution in [1.82, 2.24) is 9.88 Å². The Labute approximate surface area is 109 Å². The van der Waals surface area contributed by atoms with Gasteiger partial charge in [0, 0.05) is 29.9 Å². The summed E-state index contributed by atoms with van der Waals surface area (Å²) in [5.74, 6) is -1.45. The van der Waals surface area contributed by atoms with E-state index in [4.69, 9.17) is 0 Å². The van der Waals surface area contributed by atoms with Crippen LogP contribution in [-0.4, -0.2) is 27.8 Å². The van der Waals surface area contributed by atoms with Crippen LogP contribution < -0.4 is 5.11 Å². The van der Waals surface area contributed by atoms with Gasteiger partial charge in [-0.3, -0.25) is 4.79 Å². The lowest BCUT2D eigenvalue weighted by atomic mass is 9.96. The number of nitrogens with zero attached hydrogens (tertiary/aromatic N) is 1. The number of aliphatic carboxylic acids is 1. The Kier molecular flexibility index (Phi) is 2.55. The zero-order chi connectivity index (χ0) is 13.6. The molecule has 5 nitrogen and oxygen atoms in total. The summed E-state index contributed by atoms with van der Waals surface area (Å²) in [6, 6.07) is 6.86. The first kappa shape index (κ1) is 11.8. The van der Waals surface area contributed by atoms with E-state index in [2.05, 4.69) is 4.98 Å². The fourth-order valence-corrected chi connectivity index (χ4v) is 2.75. The average molecular weight is 257 g/mol. The summed E-state index contributed by atoms with van der Waals surface area (Å²) in [6.07, 6.45) is 0.293. The summed E-state index contributed by atoms with van der Waals surface area (Å²) in [6.45, 7) is 1.67. The number of para-hydroxylation sites is 1. The highest BCUT2D eigenvalue weighted by Gasteiger charge is 2.30. The summed E-state index contributed by atoms with van der Waals surface area (Å²) in [7, 11) is 0. The number of fused-ring (bicyclic) bond motifs is 3. The number of amides is 1. The summed E-state index contributed by atoms with van der Waals surface area (Å²) in [4.78, 5) is 27.4. The second-order valence-electron chi connectivity index (χ2n) is 4.81. The largest absolute Gasteiger partial charge is 0.548 e. The average Bonchev–Trinajstić information content (AvgIpc) is 2.74. The van der Waals surface area contributed by atoms with Crippen LogP contribution >= 0.6 is 0 Å². The molecule has 19 heavy (non-hydrogen) atoms. The van der Waals surface area contributed by atoms with Crippen LogP contribution in [0.5, 0.6) is 0 Å². The molecule has 0 aliphatic carbocycles. The zero-order valence-corrected chi connectivity index (χ0v) is 10.5. The number of nitrogens with one attached hydrogen (secondary N) is 1. The molecule has 1 N–H and O–H groups in total. The Morgan fingerprint density at radius 2 is 2.11 bits per heavy atom. The third kappa shape index (κ3) is 1.78. The number of carboxylic acid groups (broad SMARTS) is 1. The number of benzene rings is 1. The summed E-state index contributed by atoms with van der Waals surface area (Å²) < 4.78 is 0. The molecule has 0 saturated carbocycles. The molecule has 2 heterocycles. The summed E-state index contributed by atoms with van der Waals surface area (Å²) in [5.41, 5.74) is 2.85. The molecule has 0 bridgehead atoms. The third-order valence-electron chi connectivity index (χ3n) is 3.68. The van der Waals surface area contributed by atoms with Gasteiger partial charge in [-0.15, -0.1) is 0 Å². The van der Waals surface area contributed by atoms with Crippen LogP contribution in [-0.2, 0) is 22.6 Å². The van der Waals surface area contributed by atoms with Crippen molar-refractivity contribution in [2.45, 2.75) is 25.9 Å². The standard InChI is InChI=1S/C14H14N2O3/c1-8(17)16-7-12-10(6-13(16)14(18)19)9-4-2-3-5-11(9)15-12/h2-5,13,15H,6-7H2,1H3,(H,18,19)/p-1. The number of rotatable bonds is 1. The van der Waals surface area contributed by atoms with E-state index in [1.165, 1.54) is 11.8 Å².